The molecule has 0 aromatic carbocycles. The van der Waals surface area contributed by atoms with Gasteiger partial charge >= 0.3 is 0 Å². The smallest absolute Gasteiger partial charge is 0.279 e. The standard InChI is InChI=1S/C13H27N3O4S/c17-12-13-2-6-16(7-3-13)21(18,19)14-4-1-5-15-8-10-20-11-9-15/h13-14,17H,1-12H2. The molecule has 124 valence electrons. The van der Waals surface area contributed by atoms with Crippen LogP contribution in [0, 0.1) is 5.92 Å². The molecule has 7 nitrogen and oxygen atoms in total. The van der Waals surface area contributed by atoms with Crippen molar-refractivity contribution < 1.29 is 18.3 Å². The van der Waals surface area contributed by atoms with Crippen molar-refractivity contribution in [3.63, 3.8) is 0 Å². The topological polar surface area (TPSA) is 82.1 Å². The molecule has 0 saturated carbocycles. The van der Waals surface area contributed by atoms with Crippen LogP contribution in [0.15, 0.2) is 0 Å². The van der Waals surface area contributed by atoms with Crippen LogP contribution < -0.4 is 4.72 Å². The van der Waals surface area contributed by atoms with E-state index in [1.165, 1.54) is 4.31 Å². The molecule has 0 aliphatic carbocycles. The minimum absolute atomic E-state index is 0.154. The van der Waals surface area contributed by atoms with E-state index in [1.54, 1.807) is 0 Å². The van der Waals surface area contributed by atoms with Gasteiger partial charge in [0.1, 0.15) is 0 Å². The summed E-state index contributed by atoms with van der Waals surface area (Å²) in [6.07, 6.45) is 2.29. The Kier molecular flexibility index (Phi) is 6.84. The monoisotopic (exact) mass is 321 g/mol. The Hall–Kier alpha value is -0.250. The minimum atomic E-state index is -3.36. The highest BCUT2D eigenvalue weighted by Gasteiger charge is 2.27. The fourth-order valence-corrected chi connectivity index (χ4v) is 4.03. The van der Waals surface area contributed by atoms with Gasteiger partial charge in [0, 0.05) is 39.3 Å². The maximum absolute atomic E-state index is 12.2. The van der Waals surface area contributed by atoms with Gasteiger partial charge in [-0.05, 0) is 31.7 Å². The van der Waals surface area contributed by atoms with Gasteiger partial charge in [0.05, 0.1) is 13.2 Å². The second kappa shape index (κ2) is 8.40. The molecule has 2 heterocycles. The zero-order valence-electron chi connectivity index (χ0n) is 12.5. The molecule has 0 amide bonds. The summed E-state index contributed by atoms with van der Waals surface area (Å²) in [4.78, 5) is 2.30. The van der Waals surface area contributed by atoms with Crippen molar-refractivity contribution in [2.45, 2.75) is 19.3 Å². The highest BCUT2D eigenvalue weighted by Crippen LogP contribution is 2.18. The number of aliphatic hydroxyl groups is 1. The first kappa shape index (κ1) is 17.1. The first-order valence-corrected chi connectivity index (χ1v) is 9.21. The molecule has 0 atom stereocenters. The molecule has 2 fully saturated rings. The summed E-state index contributed by atoms with van der Waals surface area (Å²) in [5, 5.41) is 9.08. The van der Waals surface area contributed by atoms with Crippen LogP contribution in [0.2, 0.25) is 0 Å². The lowest BCUT2D eigenvalue weighted by atomic mass is 10.00. The van der Waals surface area contributed by atoms with Gasteiger partial charge in [0.15, 0.2) is 0 Å². The second-order valence-electron chi connectivity index (χ2n) is 5.73. The van der Waals surface area contributed by atoms with Gasteiger partial charge in [0.2, 0.25) is 0 Å². The molecule has 0 spiro atoms. The van der Waals surface area contributed by atoms with Gasteiger partial charge in [-0.1, -0.05) is 0 Å². The van der Waals surface area contributed by atoms with E-state index in [-0.39, 0.29) is 12.5 Å². The number of ether oxygens (including phenoxy) is 1. The lowest BCUT2D eigenvalue weighted by molar-refractivity contribution is 0.0376. The van der Waals surface area contributed by atoms with Gasteiger partial charge in [-0.15, -0.1) is 0 Å². The molecule has 0 aromatic heterocycles. The quantitative estimate of drug-likeness (QED) is 0.603. The van der Waals surface area contributed by atoms with Crippen molar-refractivity contribution >= 4 is 10.2 Å². The normalized spacial score (nSPS) is 23.5. The fourth-order valence-electron chi connectivity index (χ4n) is 2.75. The largest absolute Gasteiger partial charge is 0.396 e. The van der Waals surface area contributed by atoms with Crippen molar-refractivity contribution in [3.8, 4) is 0 Å². The van der Waals surface area contributed by atoms with Gasteiger partial charge < -0.3 is 9.84 Å². The van der Waals surface area contributed by atoms with Crippen LogP contribution in [0.4, 0.5) is 0 Å². The fraction of sp³-hybridized carbons (Fsp3) is 1.00. The predicted molar refractivity (Wildman–Crippen MR) is 80.2 cm³/mol. The van der Waals surface area contributed by atoms with Crippen molar-refractivity contribution in [1.82, 2.24) is 13.9 Å². The van der Waals surface area contributed by atoms with Crippen molar-refractivity contribution in [3.05, 3.63) is 0 Å². The summed E-state index contributed by atoms with van der Waals surface area (Å²) in [6, 6.07) is 0. The molecule has 0 radical (unpaired) electrons. The Morgan fingerprint density at radius 1 is 1.14 bits per heavy atom. The molecular weight excluding hydrogens is 294 g/mol. The van der Waals surface area contributed by atoms with Crippen LogP contribution in [0.3, 0.4) is 0 Å². The Morgan fingerprint density at radius 2 is 1.81 bits per heavy atom. The van der Waals surface area contributed by atoms with Gasteiger partial charge in [-0.2, -0.15) is 12.7 Å². The second-order valence-corrected chi connectivity index (χ2v) is 7.49. The maximum Gasteiger partial charge on any atom is 0.279 e. The molecule has 2 saturated heterocycles. The first-order chi connectivity index (χ1) is 10.1. The highest BCUT2D eigenvalue weighted by molar-refractivity contribution is 7.87. The molecule has 0 aromatic rings. The van der Waals surface area contributed by atoms with Crippen molar-refractivity contribution in [2.75, 3.05) is 59.1 Å². The van der Waals surface area contributed by atoms with Crippen LogP contribution in [0.5, 0.6) is 0 Å². The third-order valence-electron chi connectivity index (χ3n) is 4.21. The molecule has 2 aliphatic rings. The van der Waals surface area contributed by atoms with E-state index < -0.39 is 10.2 Å². The summed E-state index contributed by atoms with van der Waals surface area (Å²) in [5.74, 6) is 0.248. The molecule has 8 heteroatoms. The van der Waals surface area contributed by atoms with E-state index >= 15 is 0 Å². The number of hydrogen-bond acceptors (Lipinski definition) is 5. The molecule has 21 heavy (non-hydrogen) atoms. The third kappa shape index (κ3) is 5.46. The Labute approximate surface area is 127 Å². The van der Waals surface area contributed by atoms with E-state index in [0.717, 1.165) is 52.1 Å². The summed E-state index contributed by atoms with van der Waals surface area (Å²) in [6.45, 7) is 5.94. The van der Waals surface area contributed by atoms with E-state index in [4.69, 9.17) is 9.84 Å². The third-order valence-corrected chi connectivity index (χ3v) is 5.82. The predicted octanol–water partition coefficient (Wildman–Crippen LogP) is -0.753. The van der Waals surface area contributed by atoms with Gasteiger partial charge in [0.25, 0.3) is 10.2 Å². The Morgan fingerprint density at radius 3 is 2.43 bits per heavy atom. The summed E-state index contributed by atoms with van der Waals surface area (Å²) in [7, 11) is -3.36. The SMILES string of the molecule is O=S(=O)(NCCCN1CCOCC1)N1CCC(CO)CC1. The maximum atomic E-state index is 12.2. The van der Waals surface area contributed by atoms with Crippen molar-refractivity contribution in [2.24, 2.45) is 5.92 Å². The lowest BCUT2D eigenvalue weighted by Crippen LogP contribution is -2.46. The number of aliphatic hydroxyl groups excluding tert-OH is 1. The Bertz CT molecular complexity index is 390. The molecule has 0 unspecified atom stereocenters. The van der Waals surface area contributed by atoms with Crippen LogP contribution in [-0.4, -0.2) is 81.8 Å². The van der Waals surface area contributed by atoms with Gasteiger partial charge in [-0.3, -0.25) is 4.90 Å². The molecule has 0 bridgehead atoms. The Balaban J connectivity index is 1.64. The number of morpholine rings is 1. The van der Waals surface area contributed by atoms with Crippen molar-refractivity contribution in [1.29, 1.82) is 0 Å². The first-order valence-electron chi connectivity index (χ1n) is 7.77. The van der Waals surface area contributed by atoms with E-state index in [1.807, 2.05) is 0 Å². The number of nitrogens with one attached hydrogen (secondary N) is 1. The number of nitrogens with zero attached hydrogens (tertiary/aromatic N) is 2. The van der Waals surface area contributed by atoms with E-state index in [2.05, 4.69) is 9.62 Å². The summed E-state index contributed by atoms with van der Waals surface area (Å²) in [5.41, 5.74) is 0. The number of hydrogen-bond donors (Lipinski definition) is 2. The molecular formula is C13H27N3O4S. The summed E-state index contributed by atoms with van der Waals surface area (Å²) >= 11 is 0. The average Bonchev–Trinajstić information content (AvgIpc) is 2.53. The van der Waals surface area contributed by atoms with Crippen LogP contribution in [0.25, 0.3) is 0 Å². The zero-order chi connectivity index (χ0) is 15.1. The summed E-state index contributed by atoms with van der Waals surface area (Å²) < 4.78 is 33.8. The van der Waals surface area contributed by atoms with E-state index in [0.29, 0.717) is 19.6 Å². The number of piperidine rings is 1. The number of rotatable bonds is 7. The highest BCUT2D eigenvalue weighted by atomic mass is 32.2. The molecule has 2 N–H and O–H groups in total. The van der Waals surface area contributed by atoms with Crippen LogP contribution in [-0.2, 0) is 14.9 Å². The molecule has 2 aliphatic heterocycles. The lowest BCUT2D eigenvalue weighted by Gasteiger charge is -2.30. The van der Waals surface area contributed by atoms with Crippen LogP contribution >= 0.6 is 0 Å². The average molecular weight is 321 g/mol. The zero-order valence-corrected chi connectivity index (χ0v) is 13.4. The van der Waals surface area contributed by atoms with E-state index in [9.17, 15) is 8.42 Å². The van der Waals surface area contributed by atoms with Crippen LogP contribution in [0.1, 0.15) is 19.3 Å². The molecule has 2 rings (SSSR count). The van der Waals surface area contributed by atoms with Gasteiger partial charge in [-0.25, -0.2) is 4.72 Å². The minimum Gasteiger partial charge on any atom is -0.396 e.